The van der Waals surface area contributed by atoms with Gasteiger partial charge in [-0.2, -0.15) is 0 Å². The minimum atomic E-state index is -3.79. The zero-order chi connectivity index (χ0) is 15.6. The lowest BCUT2D eigenvalue weighted by atomic mass is 10.1. The van der Waals surface area contributed by atoms with Crippen LogP contribution in [0.15, 0.2) is 47.4 Å². The molecule has 112 valence electrons. The van der Waals surface area contributed by atoms with Crippen molar-refractivity contribution in [3.63, 3.8) is 0 Å². The van der Waals surface area contributed by atoms with Crippen molar-refractivity contribution in [3.05, 3.63) is 53.1 Å². The summed E-state index contributed by atoms with van der Waals surface area (Å²) in [6.45, 7) is 1.95. The molecular weight excluding hydrogens is 310 g/mol. The van der Waals surface area contributed by atoms with Crippen LogP contribution in [0.4, 0.5) is 11.4 Å². The molecule has 1 unspecified atom stereocenters. The molecule has 0 saturated carbocycles. The molecule has 0 bridgehead atoms. The second-order valence-corrected chi connectivity index (χ2v) is 6.75. The summed E-state index contributed by atoms with van der Waals surface area (Å²) >= 11 is 5.85. The van der Waals surface area contributed by atoms with E-state index in [4.69, 9.17) is 22.5 Å². The highest BCUT2D eigenvalue weighted by molar-refractivity contribution is 7.89. The van der Waals surface area contributed by atoms with Crippen molar-refractivity contribution in [1.82, 2.24) is 0 Å². The predicted molar refractivity (Wildman–Crippen MR) is 85.7 cm³/mol. The van der Waals surface area contributed by atoms with Crippen LogP contribution in [0.25, 0.3) is 0 Å². The normalized spacial score (nSPS) is 12.9. The first-order chi connectivity index (χ1) is 9.75. The van der Waals surface area contributed by atoms with Gasteiger partial charge in [-0.1, -0.05) is 23.7 Å². The number of nitrogen functional groups attached to an aromatic ring is 1. The highest BCUT2D eigenvalue weighted by Crippen LogP contribution is 2.24. The Morgan fingerprint density at radius 1 is 1.14 bits per heavy atom. The minimum absolute atomic E-state index is 0.0201. The molecule has 0 heterocycles. The van der Waals surface area contributed by atoms with E-state index in [9.17, 15) is 8.42 Å². The molecule has 21 heavy (non-hydrogen) atoms. The summed E-state index contributed by atoms with van der Waals surface area (Å²) in [4.78, 5) is -0.0201. The summed E-state index contributed by atoms with van der Waals surface area (Å²) in [7, 11) is -3.79. The molecule has 2 aromatic rings. The monoisotopic (exact) mass is 325 g/mol. The third kappa shape index (κ3) is 4.10. The zero-order valence-electron chi connectivity index (χ0n) is 11.4. The fourth-order valence-electron chi connectivity index (χ4n) is 1.95. The molecule has 1 atom stereocenters. The second kappa shape index (κ2) is 5.93. The molecule has 0 aliphatic carbocycles. The first-order valence-electron chi connectivity index (χ1n) is 6.21. The van der Waals surface area contributed by atoms with Crippen molar-refractivity contribution in [2.45, 2.75) is 17.9 Å². The highest BCUT2D eigenvalue weighted by atomic mass is 35.5. The minimum Gasteiger partial charge on any atom is -0.399 e. The van der Waals surface area contributed by atoms with Gasteiger partial charge in [0.05, 0.1) is 4.90 Å². The summed E-state index contributed by atoms with van der Waals surface area (Å²) in [5, 5.41) is 8.97. The number of sulfonamides is 1. The maximum absolute atomic E-state index is 11.4. The van der Waals surface area contributed by atoms with Crippen LogP contribution in [-0.4, -0.2) is 8.42 Å². The molecule has 0 aliphatic heterocycles. The van der Waals surface area contributed by atoms with Crippen molar-refractivity contribution in [1.29, 1.82) is 0 Å². The van der Waals surface area contributed by atoms with E-state index in [-0.39, 0.29) is 10.9 Å². The van der Waals surface area contributed by atoms with E-state index in [1.54, 1.807) is 18.2 Å². The third-order valence-corrected chi connectivity index (χ3v) is 4.16. The Hall–Kier alpha value is -1.76. The maximum Gasteiger partial charge on any atom is 0.238 e. The molecule has 0 fully saturated rings. The fraction of sp³-hybridized carbons (Fsp3) is 0.143. The van der Waals surface area contributed by atoms with Gasteiger partial charge in [0.2, 0.25) is 10.0 Å². The van der Waals surface area contributed by atoms with Gasteiger partial charge in [-0.3, -0.25) is 0 Å². The highest BCUT2D eigenvalue weighted by Gasteiger charge is 2.12. The number of nitrogens with one attached hydrogen (secondary N) is 1. The molecule has 0 spiro atoms. The van der Waals surface area contributed by atoms with Gasteiger partial charge in [0.25, 0.3) is 0 Å². The van der Waals surface area contributed by atoms with Crippen molar-refractivity contribution >= 4 is 33.0 Å². The quantitative estimate of drug-likeness (QED) is 0.753. The number of primary sulfonamides is 1. The molecule has 5 nitrogen and oxygen atoms in total. The topological polar surface area (TPSA) is 98.2 Å². The molecule has 5 N–H and O–H groups in total. The zero-order valence-corrected chi connectivity index (χ0v) is 12.9. The van der Waals surface area contributed by atoms with Gasteiger partial charge in [-0.15, -0.1) is 0 Å². The Balaban J connectivity index is 2.27. The average molecular weight is 326 g/mol. The van der Waals surface area contributed by atoms with E-state index in [1.807, 2.05) is 19.1 Å². The van der Waals surface area contributed by atoms with Crippen LogP contribution >= 0.6 is 11.6 Å². The van der Waals surface area contributed by atoms with Crippen LogP contribution < -0.4 is 16.2 Å². The van der Waals surface area contributed by atoms with E-state index >= 15 is 0 Å². The number of rotatable bonds is 4. The SMILES string of the molecule is CC(Nc1cc(N)cc(S(N)(=O)=O)c1)c1ccc(Cl)cc1. The molecule has 2 aromatic carbocycles. The number of hydrogen-bond acceptors (Lipinski definition) is 4. The van der Waals surface area contributed by atoms with E-state index in [2.05, 4.69) is 5.32 Å². The van der Waals surface area contributed by atoms with Crippen LogP contribution in [0.1, 0.15) is 18.5 Å². The van der Waals surface area contributed by atoms with Gasteiger partial charge in [-0.25, -0.2) is 13.6 Å². The largest absolute Gasteiger partial charge is 0.399 e. The van der Waals surface area contributed by atoms with Crippen molar-refractivity contribution < 1.29 is 8.42 Å². The van der Waals surface area contributed by atoms with Crippen LogP contribution in [0, 0.1) is 0 Å². The van der Waals surface area contributed by atoms with Crippen molar-refractivity contribution in [3.8, 4) is 0 Å². The molecule has 0 saturated heterocycles. The molecule has 0 radical (unpaired) electrons. The van der Waals surface area contributed by atoms with Crippen molar-refractivity contribution in [2.24, 2.45) is 5.14 Å². The Morgan fingerprint density at radius 2 is 1.76 bits per heavy atom. The van der Waals surface area contributed by atoms with E-state index in [1.165, 1.54) is 12.1 Å². The second-order valence-electron chi connectivity index (χ2n) is 4.75. The number of hydrogen-bond donors (Lipinski definition) is 3. The number of nitrogens with two attached hydrogens (primary N) is 2. The molecule has 0 aromatic heterocycles. The first-order valence-corrected chi connectivity index (χ1v) is 8.13. The fourth-order valence-corrected chi connectivity index (χ4v) is 2.67. The van der Waals surface area contributed by atoms with Gasteiger partial charge in [0, 0.05) is 22.4 Å². The Morgan fingerprint density at radius 3 is 2.33 bits per heavy atom. The summed E-state index contributed by atoms with van der Waals surface area (Å²) in [6.07, 6.45) is 0. The Kier molecular flexibility index (Phi) is 4.41. The summed E-state index contributed by atoms with van der Waals surface area (Å²) in [6, 6.07) is 11.8. The molecular formula is C14H16ClN3O2S. The van der Waals surface area contributed by atoms with E-state index in [0.29, 0.717) is 16.4 Å². The first kappa shape index (κ1) is 15.6. The summed E-state index contributed by atoms with van der Waals surface area (Å²) in [5.41, 5.74) is 7.64. The van der Waals surface area contributed by atoms with Crippen LogP contribution in [0.5, 0.6) is 0 Å². The van der Waals surface area contributed by atoms with Gasteiger partial charge >= 0.3 is 0 Å². The maximum atomic E-state index is 11.4. The number of halogens is 1. The molecule has 2 rings (SSSR count). The van der Waals surface area contributed by atoms with Crippen LogP contribution in [0.2, 0.25) is 5.02 Å². The lowest BCUT2D eigenvalue weighted by Crippen LogP contribution is -2.14. The van der Waals surface area contributed by atoms with Crippen molar-refractivity contribution in [2.75, 3.05) is 11.1 Å². The van der Waals surface area contributed by atoms with Crippen LogP contribution in [0.3, 0.4) is 0 Å². The van der Waals surface area contributed by atoms with Gasteiger partial charge in [-0.05, 0) is 42.8 Å². The summed E-state index contributed by atoms with van der Waals surface area (Å²) < 4.78 is 22.8. The lowest BCUT2D eigenvalue weighted by Gasteiger charge is -2.17. The smallest absolute Gasteiger partial charge is 0.238 e. The predicted octanol–water partition coefficient (Wildman–Crippen LogP) is 2.74. The van der Waals surface area contributed by atoms with E-state index in [0.717, 1.165) is 5.56 Å². The van der Waals surface area contributed by atoms with E-state index < -0.39 is 10.0 Å². The molecule has 7 heteroatoms. The third-order valence-electron chi connectivity index (χ3n) is 3.01. The van der Waals surface area contributed by atoms with Gasteiger partial charge in [0.1, 0.15) is 0 Å². The lowest BCUT2D eigenvalue weighted by molar-refractivity contribution is 0.598. The Labute approximate surface area is 129 Å². The average Bonchev–Trinajstić information content (AvgIpc) is 2.37. The van der Waals surface area contributed by atoms with Crippen LogP contribution in [-0.2, 0) is 10.0 Å². The summed E-state index contributed by atoms with van der Waals surface area (Å²) in [5.74, 6) is 0. The number of anilines is 2. The molecule has 0 amide bonds. The van der Waals surface area contributed by atoms with Gasteiger partial charge in [0.15, 0.2) is 0 Å². The molecule has 0 aliphatic rings. The van der Waals surface area contributed by atoms with Gasteiger partial charge < -0.3 is 11.1 Å². The standard InChI is InChI=1S/C14H16ClN3O2S/c1-9(10-2-4-11(15)5-3-10)18-13-6-12(16)7-14(8-13)21(17,19)20/h2-9,18H,16H2,1H3,(H2,17,19,20). The number of benzene rings is 2. The Bertz CT molecular complexity index is 745.